The Labute approximate surface area is 171 Å². The summed E-state index contributed by atoms with van der Waals surface area (Å²) in [7, 11) is 1.71. The molecular formula is C22H26N6O. The van der Waals surface area contributed by atoms with Crippen molar-refractivity contribution < 1.29 is 4.74 Å². The second-order valence-electron chi connectivity index (χ2n) is 7.23. The van der Waals surface area contributed by atoms with Crippen LogP contribution in [0.1, 0.15) is 11.1 Å². The first kappa shape index (κ1) is 19.0. The predicted molar refractivity (Wildman–Crippen MR) is 116 cm³/mol. The lowest BCUT2D eigenvalue weighted by Crippen LogP contribution is -2.47. The molecule has 1 saturated heterocycles. The van der Waals surface area contributed by atoms with Gasteiger partial charge in [-0.1, -0.05) is 29.8 Å². The van der Waals surface area contributed by atoms with Crippen molar-refractivity contribution in [1.82, 2.24) is 15.2 Å². The van der Waals surface area contributed by atoms with Crippen molar-refractivity contribution in [3.05, 3.63) is 59.8 Å². The molecule has 0 radical (unpaired) electrons. The van der Waals surface area contributed by atoms with E-state index in [0.717, 1.165) is 43.3 Å². The molecule has 1 N–H and O–H groups in total. The fourth-order valence-electron chi connectivity index (χ4n) is 3.62. The number of aryl methyl sites for hydroxylation is 2. The van der Waals surface area contributed by atoms with Gasteiger partial charge in [0, 0.05) is 31.9 Å². The maximum Gasteiger partial charge on any atom is 0.247 e. The van der Waals surface area contributed by atoms with Crippen LogP contribution in [-0.2, 0) is 0 Å². The van der Waals surface area contributed by atoms with Gasteiger partial charge in [0.2, 0.25) is 5.95 Å². The summed E-state index contributed by atoms with van der Waals surface area (Å²) in [5.41, 5.74) is 4.57. The fourth-order valence-corrected chi connectivity index (χ4v) is 3.62. The molecule has 0 atom stereocenters. The van der Waals surface area contributed by atoms with E-state index < -0.39 is 0 Å². The standard InChI is InChI=1S/C22H26N6O/c1-16-8-9-18(17(2)14-16)24-21-15-23-26-22(25-21)28-12-10-27(11-13-28)19-6-4-5-7-20(19)29-3/h4-9,14-15H,10-13H2,1-3H3,(H,24,25,26). The van der Waals surface area contributed by atoms with Crippen LogP contribution in [0.4, 0.5) is 23.1 Å². The molecule has 1 aliphatic rings. The van der Waals surface area contributed by atoms with Gasteiger partial charge in [-0.25, -0.2) is 0 Å². The van der Waals surface area contributed by atoms with Crippen molar-refractivity contribution >= 4 is 23.1 Å². The molecule has 3 aromatic rings. The highest BCUT2D eigenvalue weighted by atomic mass is 16.5. The van der Waals surface area contributed by atoms with Gasteiger partial charge in [0.05, 0.1) is 19.0 Å². The summed E-state index contributed by atoms with van der Waals surface area (Å²) in [5, 5.41) is 11.8. The minimum absolute atomic E-state index is 0.652. The first-order chi connectivity index (χ1) is 14.1. The summed E-state index contributed by atoms with van der Waals surface area (Å²) in [6.45, 7) is 7.57. The number of anilines is 4. The molecule has 2 heterocycles. The molecule has 150 valence electrons. The van der Waals surface area contributed by atoms with Crippen LogP contribution in [0.2, 0.25) is 0 Å². The molecule has 1 aromatic heterocycles. The largest absolute Gasteiger partial charge is 0.495 e. The van der Waals surface area contributed by atoms with Crippen molar-refractivity contribution in [2.75, 3.05) is 48.4 Å². The lowest BCUT2D eigenvalue weighted by molar-refractivity contribution is 0.413. The highest BCUT2D eigenvalue weighted by Crippen LogP contribution is 2.29. The first-order valence-electron chi connectivity index (χ1n) is 9.81. The molecule has 2 aromatic carbocycles. The molecular weight excluding hydrogens is 364 g/mol. The number of benzene rings is 2. The second-order valence-corrected chi connectivity index (χ2v) is 7.23. The van der Waals surface area contributed by atoms with Crippen molar-refractivity contribution in [1.29, 1.82) is 0 Å². The van der Waals surface area contributed by atoms with Gasteiger partial charge in [0.1, 0.15) is 5.75 Å². The minimum atomic E-state index is 0.652. The SMILES string of the molecule is COc1ccccc1N1CCN(c2nncc(Nc3ccc(C)cc3C)n2)CC1. The summed E-state index contributed by atoms with van der Waals surface area (Å²) in [5.74, 6) is 2.26. The van der Waals surface area contributed by atoms with Crippen LogP contribution >= 0.6 is 0 Å². The highest BCUT2D eigenvalue weighted by molar-refractivity contribution is 5.61. The normalized spacial score (nSPS) is 14.0. The molecule has 0 amide bonds. The number of piperazine rings is 1. The summed E-state index contributed by atoms with van der Waals surface area (Å²) < 4.78 is 5.50. The van der Waals surface area contributed by atoms with Crippen LogP contribution in [0.3, 0.4) is 0 Å². The number of para-hydroxylation sites is 2. The van der Waals surface area contributed by atoms with Crippen molar-refractivity contribution in [2.45, 2.75) is 13.8 Å². The average Bonchev–Trinajstić information content (AvgIpc) is 2.76. The van der Waals surface area contributed by atoms with E-state index in [2.05, 4.69) is 68.4 Å². The molecule has 4 rings (SSSR count). The van der Waals surface area contributed by atoms with E-state index in [4.69, 9.17) is 4.74 Å². The molecule has 1 fully saturated rings. The Balaban J connectivity index is 1.44. The van der Waals surface area contributed by atoms with Crippen molar-refractivity contribution in [2.24, 2.45) is 0 Å². The summed E-state index contributed by atoms with van der Waals surface area (Å²) in [6.07, 6.45) is 1.66. The molecule has 0 unspecified atom stereocenters. The van der Waals surface area contributed by atoms with Crippen LogP contribution in [0.5, 0.6) is 5.75 Å². The summed E-state index contributed by atoms with van der Waals surface area (Å²) >= 11 is 0. The Morgan fingerprint density at radius 3 is 2.48 bits per heavy atom. The Morgan fingerprint density at radius 2 is 1.72 bits per heavy atom. The second kappa shape index (κ2) is 8.34. The lowest BCUT2D eigenvalue weighted by atomic mass is 10.1. The van der Waals surface area contributed by atoms with E-state index in [1.165, 1.54) is 11.1 Å². The monoisotopic (exact) mass is 390 g/mol. The van der Waals surface area contributed by atoms with E-state index in [1.807, 2.05) is 18.2 Å². The van der Waals surface area contributed by atoms with Gasteiger partial charge >= 0.3 is 0 Å². The molecule has 29 heavy (non-hydrogen) atoms. The molecule has 7 nitrogen and oxygen atoms in total. The number of nitrogens with zero attached hydrogens (tertiary/aromatic N) is 5. The maximum absolute atomic E-state index is 5.50. The van der Waals surface area contributed by atoms with E-state index in [1.54, 1.807) is 13.3 Å². The van der Waals surface area contributed by atoms with E-state index in [-0.39, 0.29) is 0 Å². The van der Waals surface area contributed by atoms with Crippen LogP contribution in [0.15, 0.2) is 48.7 Å². The Kier molecular flexibility index (Phi) is 5.46. The number of nitrogens with one attached hydrogen (secondary N) is 1. The van der Waals surface area contributed by atoms with Gasteiger partial charge in [-0.15, -0.1) is 5.10 Å². The van der Waals surface area contributed by atoms with Crippen LogP contribution in [0.25, 0.3) is 0 Å². The third-order valence-corrected chi connectivity index (χ3v) is 5.18. The van der Waals surface area contributed by atoms with Gasteiger partial charge in [0.15, 0.2) is 5.82 Å². The quantitative estimate of drug-likeness (QED) is 0.714. The van der Waals surface area contributed by atoms with Crippen molar-refractivity contribution in [3.63, 3.8) is 0 Å². The van der Waals surface area contributed by atoms with Gasteiger partial charge in [-0.3, -0.25) is 0 Å². The van der Waals surface area contributed by atoms with Crippen molar-refractivity contribution in [3.8, 4) is 5.75 Å². The first-order valence-corrected chi connectivity index (χ1v) is 9.81. The van der Waals surface area contributed by atoms with E-state index in [0.29, 0.717) is 11.8 Å². The van der Waals surface area contributed by atoms with Gasteiger partial charge < -0.3 is 19.9 Å². The smallest absolute Gasteiger partial charge is 0.247 e. The Hall–Kier alpha value is -3.35. The highest BCUT2D eigenvalue weighted by Gasteiger charge is 2.21. The predicted octanol–water partition coefficient (Wildman–Crippen LogP) is 3.57. The zero-order valence-corrected chi connectivity index (χ0v) is 17.1. The van der Waals surface area contributed by atoms with Gasteiger partial charge in [-0.05, 0) is 37.6 Å². The molecule has 0 saturated carbocycles. The zero-order valence-electron chi connectivity index (χ0n) is 17.1. The Morgan fingerprint density at radius 1 is 0.966 bits per heavy atom. The van der Waals surface area contributed by atoms with Crippen LogP contribution in [-0.4, -0.2) is 48.5 Å². The fraction of sp³-hybridized carbons (Fsp3) is 0.318. The molecule has 0 bridgehead atoms. The summed E-state index contributed by atoms with van der Waals surface area (Å²) in [4.78, 5) is 9.19. The minimum Gasteiger partial charge on any atom is -0.495 e. The van der Waals surface area contributed by atoms with E-state index in [9.17, 15) is 0 Å². The third kappa shape index (κ3) is 4.23. The number of ether oxygens (including phenoxy) is 1. The number of hydrogen-bond acceptors (Lipinski definition) is 7. The number of methoxy groups -OCH3 is 1. The topological polar surface area (TPSA) is 66.4 Å². The Bertz CT molecular complexity index is 985. The molecule has 1 aliphatic heterocycles. The maximum atomic E-state index is 5.50. The number of aromatic nitrogens is 3. The lowest BCUT2D eigenvalue weighted by Gasteiger charge is -2.36. The molecule has 0 spiro atoms. The van der Waals surface area contributed by atoms with Gasteiger partial charge in [-0.2, -0.15) is 10.1 Å². The average molecular weight is 390 g/mol. The molecule has 7 heteroatoms. The van der Waals surface area contributed by atoms with Crippen LogP contribution in [0, 0.1) is 13.8 Å². The number of hydrogen-bond donors (Lipinski definition) is 1. The van der Waals surface area contributed by atoms with Crippen LogP contribution < -0.4 is 19.9 Å². The third-order valence-electron chi connectivity index (χ3n) is 5.18. The summed E-state index contributed by atoms with van der Waals surface area (Å²) in [6, 6.07) is 14.4. The van der Waals surface area contributed by atoms with Gasteiger partial charge in [0.25, 0.3) is 0 Å². The number of rotatable bonds is 5. The zero-order chi connectivity index (χ0) is 20.2. The molecule has 0 aliphatic carbocycles. The van der Waals surface area contributed by atoms with E-state index >= 15 is 0 Å².